The summed E-state index contributed by atoms with van der Waals surface area (Å²) in [6, 6.07) is 9.04. The second-order valence-electron chi connectivity index (χ2n) is 5.41. The zero-order valence-corrected chi connectivity index (χ0v) is 12.0. The SMILES string of the molecule is COCCOc1ccccc1CC1CCC(C)NC1. The predicted molar refractivity (Wildman–Crippen MR) is 77.7 cm³/mol. The molecule has 0 bridgehead atoms. The Morgan fingerprint density at radius 3 is 2.79 bits per heavy atom. The molecule has 2 atom stereocenters. The van der Waals surface area contributed by atoms with E-state index >= 15 is 0 Å². The molecule has 2 rings (SSSR count). The highest BCUT2D eigenvalue weighted by molar-refractivity contribution is 5.33. The van der Waals surface area contributed by atoms with Crippen molar-refractivity contribution in [1.82, 2.24) is 5.32 Å². The number of ether oxygens (including phenoxy) is 2. The zero-order valence-electron chi connectivity index (χ0n) is 12.0. The topological polar surface area (TPSA) is 30.5 Å². The van der Waals surface area contributed by atoms with Crippen LogP contribution in [0.4, 0.5) is 0 Å². The lowest BCUT2D eigenvalue weighted by Crippen LogP contribution is -2.37. The lowest BCUT2D eigenvalue weighted by atomic mass is 9.89. The van der Waals surface area contributed by atoms with Crippen molar-refractivity contribution in [2.24, 2.45) is 5.92 Å². The normalized spacial score (nSPS) is 23.3. The van der Waals surface area contributed by atoms with Gasteiger partial charge in [-0.2, -0.15) is 0 Å². The van der Waals surface area contributed by atoms with E-state index in [0.29, 0.717) is 19.3 Å². The number of para-hydroxylation sites is 1. The van der Waals surface area contributed by atoms with E-state index in [1.54, 1.807) is 7.11 Å². The molecule has 1 N–H and O–H groups in total. The average Bonchev–Trinajstić information content (AvgIpc) is 2.43. The molecule has 1 aliphatic heterocycles. The molecule has 0 radical (unpaired) electrons. The summed E-state index contributed by atoms with van der Waals surface area (Å²) in [5.41, 5.74) is 1.32. The predicted octanol–water partition coefficient (Wildman–Crippen LogP) is 2.64. The lowest BCUT2D eigenvalue weighted by molar-refractivity contribution is 0.145. The molecule has 0 spiro atoms. The van der Waals surface area contributed by atoms with Gasteiger partial charge >= 0.3 is 0 Å². The van der Waals surface area contributed by atoms with Gasteiger partial charge in [-0.05, 0) is 50.3 Å². The smallest absolute Gasteiger partial charge is 0.122 e. The van der Waals surface area contributed by atoms with E-state index < -0.39 is 0 Å². The van der Waals surface area contributed by atoms with Gasteiger partial charge in [-0.15, -0.1) is 0 Å². The number of nitrogens with one attached hydrogen (secondary N) is 1. The Bertz CT molecular complexity index is 373. The Balaban J connectivity index is 1.91. The van der Waals surface area contributed by atoms with Gasteiger partial charge in [-0.3, -0.25) is 0 Å². The molecular weight excluding hydrogens is 238 g/mol. The van der Waals surface area contributed by atoms with E-state index in [9.17, 15) is 0 Å². The molecule has 0 aliphatic carbocycles. The molecule has 0 aromatic heterocycles. The van der Waals surface area contributed by atoms with Gasteiger partial charge in [-0.1, -0.05) is 18.2 Å². The lowest BCUT2D eigenvalue weighted by Gasteiger charge is -2.28. The van der Waals surface area contributed by atoms with Gasteiger partial charge in [0, 0.05) is 13.2 Å². The van der Waals surface area contributed by atoms with Gasteiger partial charge in [0.2, 0.25) is 0 Å². The fraction of sp³-hybridized carbons (Fsp3) is 0.625. The summed E-state index contributed by atoms with van der Waals surface area (Å²) < 4.78 is 10.8. The highest BCUT2D eigenvalue weighted by Crippen LogP contribution is 2.25. The van der Waals surface area contributed by atoms with Crippen molar-refractivity contribution in [3.05, 3.63) is 29.8 Å². The molecule has 0 saturated carbocycles. The molecule has 106 valence electrons. The van der Waals surface area contributed by atoms with Crippen LogP contribution in [0.3, 0.4) is 0 Å². The third-order valence-electron chi connectivity index (χ3n) is 3.79. The van der Waals surface area contributed by atoms with Crippen molar-refractivity contribution in [2.45, 2.75) is 32.2 Å². The average molecular weight is 263 g/mol. The fourth-order valence-corrected chi connectivity index (χ4v) is 2.59. The summed E-state index contributed by atoms with van der Waals surface area (Å²) in [6.07, 6.45) is 3.68. The number of hydrogen-bond donors (Lipinski definition) is 1. The summed E-state index contributed by atoms with van der Waals surface area (Å²) in [6.45, 7) is 4.63. The molecule has 2 unspecified atom stereocenters. The number of methoxy groups -OCH3 is 1. The van der Waals surface area contributed by atoms with Gasteiger partial charge in [-0.25, -0.2) is 0 Å². The second kappa shape index (κ2) is 7.51. The summed E-state index contributed by atoms with van der Waals surface area (Å²) in [4.78, 5) is 0. The minimum absolute atomic E-state index is 0.619. The van der Waals surface area contributed by atoms with E-state index in [0.717, 1.165) is 24.6 Å². The molecule has 3 nitrogen and oxygen atoms in total. The summed E-state index contributed by atoms with van der Waals surface area (Å²) in [7, 11) is 1.70. The molecule has 1 aromatic carbocycles. The molecule has 1 aliphatic rings. The van der Waals surface area contributed by atoms with Gasteiger partial charge < -0.3 is 14.8 Å². The standard InChI is InChI=1S/C16H25NO2/c1-13-7-8-14(12-17-13)11-15-5-3-4-6-16(15)19-10-9-18-2/h3-6,13-14,17H,7-12H2,1-2H3. The summed E-state index contributed by atoms with van der Waals surface area (Å²) in [5.74, 6) is 1.74. The largest absolute Gasteiger partial charge is 0.491 e. The Hall–Kier alpha value is -1.06. The van der Waals surface area contributed by atoms with Crippen LogP contribution in [0.1, 0.15) is 25.3 Å². The fourth-order valence-electron chi connectivity index (χ4n) is 2.59. The third kappa shape index (κ3) is 4.51. The minimum atomic E-state index is 0.619. The number of piperidine rings is 1. The van der Waals surface area contributed by atoms with E-state index in [4.69, 9.17) is 9.47 Å². The Morgan fingerprint density at radius 1 is 1.21 bits per heavy atom. The number of benzene rings is 1. The Kier molecular flexibility index (Phi) is 5.67. The molecule has 1 fully saturated rings. The van der Waals surface area contributed by atoms with Crippen molar-refractivity contribution in [2.75, 3.05) is 26.9 Å². The minimum Gasteiger partial charge on any atom is -0.491 e. The molecular formula is C16H25NO2. The van der Waals surface area contributed by atoms with Crippen LogP contribution in [-0.2, 0) is 11.2 Å². The van der Waals surface area contributed by atoms with Crippen LogP contribution >= 0.6 is 0 Å². The molecule has 19 heavy (non-hydrogen) atoms. The van der Waals surface area contributed by atoms with E-state index in [1.165, 1.54) is 18.4 Å². The van der Waals surface area contributed by atoms with Gasteiger partial charge in [0.05, 0.1) is 6.61 Å². The van der Waals surface area contributed by atoms with Crippen LogP contribution < -0.4 is 10.1 Å². The Morgan fingerprint density at radius 2 is 2.05 bits per heavy atom. The van der Waals surface area contributed by atoms with Crippen LogP contribution in [0.2, 0.25) is 0 Å². The monoisotopic (exact) mass is 263 g/mol. The molecule has 1 heterocycles. The van der Waals surface area contributed by atoms with E-state index in [-0.39, 0.29) is 0 Å². The van der Waals surface area contributed by atoms with Gasteiger partial charge in [0.15, 0.2) is 0 Å². The van der Waals surface area contributed by atoms with Crippen molar-refractivity contribution in [3.8, 4) is 5.75 Å². The van der Waals surface area contributed by atoms with Gasteiger partial charge in [0.25, 0.3) is 0 Å². The van der Waals surface area contributed by atoms with Crippen LogP contribution in [0.15, 0.2) is 24.3 Å². The molecule has 1 aromatic rings. The zero-order chi connectivity index (χ0) is 13.5. The maximum absolute atomic E-state index is 5.79. The van der Waals surface area contributed by atoms with E-state index in [1.807, 2.05) is 6.07 Å². The third-order valence-corrected chi connectivity index (χ3v) is 3.79. The van der Waals surface area contributed by atoms with Crippen molar-refractivity contribution in [1.29, 1.82) is 0 Å². The first kappa shape index (κ1) is 14.4. The number of rotatable bonds is 6. The van der Waals surface area contributed by atoms with Crippen LogP contribution in [0.25, 0.3) is 0 Å². The highest BCUT2D eigenvalue weighted by Gasteiger charge is 2.19. The van der Waals surface area contributed by atoms with Crippen LogP contribution in [0.5, 0.6) is 5.75 Å². The quantitative estimate of drug-likeness (QED) is 0.800. The first-order valence-electron chi connectivity index (χ1n) is 7.22. The molecule has 1 saturated heterocycles. The first-order chi connectivity index (χ1) is 9.29. The summed E-state index contributed by atoms with van der Waals surface area (Å²) in [5, 5.41) is 3.56. The van der Waals surface area contributed by atoms with Crippen LogP contribution in [0, 0.1) is 5.92 Å². The molecule has 3 heteroatoms. The van der Waals surface area contributed by atoms with Crippen molar-refractivity contribution in [3.63, 3.8) is 0 Å². The van der Waals surface area contributed by atoms with Crippen molar-refractivity contribution < 1.29 is 9.47 Å². The highest BCUT2D eigenvalue weighted by atomic mass is 16.5. The second-order valence-corrected chi connectivity index (χ2v) is 5.41. The van der Waals surface area contributed by atoms with E-state index in [2.05, 4.69) is 30.4 Å². The Labute approximate surface area is 116 Å². The maximum Gasteiger partial charge on any atom is 0.122 e. The maximum atomic E-state index is 5.79. The van der Waals surface area contributed by atoms with Gasteiger partial charge in [0.1, 0.15) is 12.4 Å². The first-order valence-corrected chi connectivity index (χ1v) is 7.22. The van der Waals surface area contributed by atoms with Crippen LogP contribution in [-0.4, -0.2) is 32.9 Å². The number of hydrogen-bond acceptors (Lipinski definition) is 3. The molecule has 0 amide bonds. The van der Waals surface area contributed by atoms with Crippen molar-refractivity contribution >= 4 is 0 Å². The summed E-state index contributed by atoms with van der Waals surface area (Å²) >= 11 is 0.